The lowest BCUT2D eigenvalue weighted by molar-refractivity contribution is 1.05. The van der Waals surface area contributed by atoms with Gasteiger partial charge in [0.25, 0.3) is 0 Å². The van der Waals surface area contributed by atoms with Gasteiger partial charge < -0.3 is 19.9 Å². The predicted molar refractivity (Wildman–Crippen MR) is 106 cm³/mol. The Morgan fingerprint density at radius 1 is 0.560 bits per heavy atom. The number of rotatable bonds is 4. The Labute approximate surface area is 155 Å². The van der Waals surface area contributed by atoms with Crippen LogP contribution >= 0.6 is 24.4 Å². The molecule has 0 aliphatic rings. The van der Waals surface area contributed by atoms with Crippen molar-refractivity contribution >= 4 is 24.4 Å². The number of hydrogen-bond acceptors (Lipinski definition) is 2. The minimum absolute atomic E-state index is 0.615. The largest absolute Gasteiger partial charge is 0.334 e. The summed E-state index contributed by atoms with van der Waals surface area (Å²) in [7, 11) is 0. The molecule has 0 amide bonds. The highest BCUT2D eigenvalue weighted by Gasteiger charge is 2.14. The maximum Gasteiger partial charge on any atom is 0.175 e. The van der Waals surface area contributed by atoms with Crippen molar-refractivity contribution < 1.29 is 0 Å². The van der Waals surface area contributed by atoms with Gasteiger partial charge in [-0.2, -0.15) is 0 Å². The number of H-pyrrole nitrogens is 4. The van der Waals surface area contributed by atoms with E-state index in [4.69, 9.17) is 24.4 Å². The SMILES string of the molecule is S=c1[nH]c(Cc2[nH]c(=S)[nH]c2-c2ccccc2)c(-c2ccccc2)[nH]1. The van der Waals surface area contributed by atoms with Crippen molar-refractivity contribution in [3.05, 3.63) is 81.6 Å². The van der Waals surface area contributed by atoms with E-state index in [-0.39, 0.29) is 0 Å². The van der Waals surface area contributed by atoms with Crippen molar-refractivity contribution in [3.8, 4) is 22.5 Å². The second-order valence-corrected chi connectivity index (χ2v) is 6.59. The summed E-state index contributed by atoms with van der Waals surface area (Å²) in [6, 6.07) is 20.3. The molecule has 0 unspecified atom stereocenters. The van der Waals surface area contributed by atoms with Gasteiger partial charge in [-0.05, 0) is 35.6 Å². The fraction of sp³-hybridized carbons (Fsp3) is 0.0526. The molecule has 0 saturated carbocycles. The smallest absolute Gasteiger partial charge is 0.175 e. The van der Waals surface area contributed by atoms with E-state index in [2.05, 4.69) is 44.2 Å². The molecular formula is C19H16N4S2. The van der Waals surface area contributed by atoms with Crippen LogP contribution in [-0.4, -0.2) is 19.9 Å². The third kappa shape index (κ3) is 3.26. The van der Waals surface area contributed by atoms with Crippen LogP contribution in [0.5, 0.6) is 0 Å². The fourth-order valence-corrected chi connectivity index (χ4v) is 3.43. The van der Waals surface area contributed by atoms with Crippen molar-refractivity contribution in [3.63, 3.8) is 0 Å². The first-order valence-electron chi connectivity index (χ1n) is 7.94. The maximum absolute atomic E-state index is 5.32. The van der Waals surface area contributed by atoms with E-state index in [1.807, 2.05) is 36.4 Å². The molecule has 0 aliphatic heterocycles. The Bertz CT molecular complexity index is 1010. The fourth-order valence-electron chi connectivity index (χ4n) is 2.98. The third-order valence-electron chi connectivity index (χ3n) is 4.09. The lowest BCUT2D eigenvalue weighted by atomic mass is 10.0. The van der Waals surface area contributed by atoms with Crippen molar-refractivity contribution in [2.24, 2.45) is 0 Å². The van der Waals surface area contributed by atoms with E-state index in [0.29, 0.717) is 16.0 Å². The molecule has 25 heavy (non-hydrogen) atoms. The van der Waals surface area contributed by atoms with Crippen LogP contribution in [0.3, 0.4) is 0 Å². The normalized spacial score (nSPS) is 10.9. The first kappa shape index (κ1) is 15.8. The van der Waals surface area contributed by atoms with Crippen LogP contribution in [0, 0.1) is 9.54 Å². The molecule has 4 nitrogen and oxygen atoms in total. The van der Waals surface area contributed by atoms with Gasteiger partial charge in [-0.15, -0.1) is 0 Å². The average Bonchev–Trinajstić information content (AvgIpc) is 3.19. The number of imidazole rings is 2. The van der Waals surface area contributed by atoms with Crippen molar-refractivity contribution in [2.45, 2.75) is 6.42 Å². The molecule has 0 saturated heterocycles. The van der Waals surface area contributed by atoms with Gasteiger partial charge in [-0.1, -0.05) is 60.7 Å². The van der Waals surface area contributed by atoms with Crippen molar-refractivity contribution in [1.29, 1.82) is 0 Å². The minimum atomic E-state index is 0.615. The van der Waals surface area contributed by atoms with Crippen molar-refractivity contribution in [1.82, 2.24) is 19.9 Å². The molecule has 124 valence electrons. The van der Waals surface area contributed by atoms with Gasteiger partial charge in [-0.3, -0.25) is 0 Å². The lowest BCUT2D eigenvalue weighted by Gasteiger charge is -2.05. The Balaban J connectivity index is 1.78. The van der Waals surface area contributed by atoms with E-state index in [9.17, 15) is 0 Å². The topological polar surface area (TPSA) is 63.2 Å². The molecule has 4 rings (SSSR count). The molecule has 2 aromatic carbocycles. The molecule has 0 aliphatic carbocycles. The summed E-state index contributed by atoms with van der Waals surface area (Å²) in [6.45, 7) is 0. The highest BCUT2D eigenvalue weighted by molar-refractivity contribution is 7.71. The van der Waals surface area contributed by atoms with Gasteiger partial charge in [-0.25, -0.2) is 0 Å². The summed E-state index contributed by atoms with van der Waals surface area (Å²) in [5.41, 5.74) is 6.26. The zero-order valence-corrected chi connectivity index (χ0v) is 14.9. The second kappa shape index (κ2) is 6.66. The second-order valence-electron chi connectivity index (χ2n) is 5.77. The Morgan fingerprint density at radius 2 is 0.960 bits per heavy atom. The first-order chi connectivity index (χ1) is 12.2. The molecule has 4 aromatic rings. The zero-order chi connectivity index (χ0) is 17.2. The predicted octanol–water partition coefficient (Wildman–Crippen LogP) is 5.38. The van der Waals surface area contributed by atoms with Crippen LogP contribution < -0.4 is 0 Å². The Hall–Kier alpha value is -2.70. The molecule has 0 spiro atoms. The third-order valence-corrected chi connectivity index (χ3v) is 4.50. The summed E-state index contributed by atoms with van der Waals surface area (Å²) >= 11 is 10.6. The number of benzene rings is 2. The molecule has 4 N–H and O–H groups in total. The van der Waals surface area contributed by atoms with Gasteiger partial charge in [0, 0.05) is 17.8 Å². The molecule has 2 aromatic heterocycles. The highest BCUT2D eigenvalue weighted by Crippen LogP contribution is 2.26. The van der Waals surface area contributed by atoms with Crippen LogP contribution in [0.2, 0.25) is 0 Å². The van der Waals surface area contributed by atoms with Gasteiger partial charge >= 0.3 is 0 Å². The quantitative estimate of drug-likeness (QED) is 0.367. The van der Waals surface area contributed by atoms with E-state index in [1.165, 1.54) is 0 Å². The van der Waals surface area contributed by atoms with Gasteiger partial charge in [0.1, 0.15) is 0 Å². The standard InChI is InChI=1S/C19H16N4S2/c24-18-20-14(16(22-18)12-7-3-1-4-8-12)11-15-17(23-19(25)21-15)13-9-5-2-6-10-13/h1-10H,11H2,(H2,20,22,24)(H2,21,23,25). The maximum atomic E-state index is 5.32. The molecule has 0 fully saturated rings. The van der Waals surface area contributed by atoms with E-state index < -0.39 is 0 Å². The van der Waals surface area contributed by atoms with Crippen LogP contribution in [0.4, 0.5) is 0 Å². The summed E-state index contributed by atoms with van der Waals surface area (Å²) in [5, 5.41) is 0. The molecule has 6 heteroatoms. The summed E-state index contributed by atoms with van der Waals surface area (Å²) in [6.07, 6.45) is 0.661. The molecule has 0 atom stereocenters. The molecule has 0 radical (unpaired) electrons. The lowest BCUT2D eigenvalue weighted by Crippen LogP contribution is -1.95. The average molecular weight is 364 g/mol. The van der Waals surface area contributed by atoms with Crippen LogP contribution in [0.15, 0.2) is 60.7 Å². The van der Waals surface area contributed by atoms with E-state index >= 15 is 0 Å². The van der Waals surface area contributed by atoms with E-state index in [1.54, 1.807) is 0 Å². The van der Waals surface area contributed by atoms with Gasteiger partial charge in [0.2, 0.25) is 0 Å². The Kier molecular flexibility index (Phi) is 4.21. The highest BCUT2D eigenvalue weighted by atomic mass is 32.1. The molecule has 2 heterocycles. The van der Waals surface area contributed by atoms with Gasteiger partial charge in [0.05, 0.1) is 11.4 Å². The number of nitrogens with one attached hydrogen (secondary N) is 4. The van der Waals surface area contributed by atoms with Gasteiger partial charge in [0.15, 0.2) is 9.54 Å². The number of hydrogen-bond donors (Lipinski definition) is 4. The summed E-state index contributed by atoms with van der Waals surface area (Å²) in [5.74, 6) is 0. The number of aromatic amines is 4. The van der Waals surface area contributed by atoms with Crippen LogP contribution in [0.25, 0.3) is 22.5 Å². The van der Waals surface area contributed by atoms with Crippen molar-refractivity contribution in [2.75, 3.05) is 0 Å². The molecule has 0 bridgehead atoms. The van der Waals surface area contributed by atoms with E-state index in [0.717, 1.165) is 33.9 Å². The summed E-state index contributed by atoms with van der Waals surface area (Å²) in [4.78, 5) is 13.1. The first-order valence-corrected chi connectivity index (χ1v) is 8.75. The van der Waals surface area contributed by atoms with Crippen LogP contribution in [0.1, 0.15) is 11.4 Å². The molecular weight excluding hydrogens is 348 g/mol. The Morgan fingerprint density at radius 3 is 1.36 bits per heavy atom. The number of aromatic nitrogens is 4. The minimum Gasteiger partial charge on any atom is -0.334 e. The van der Waals surface area contributed by atoms with Crippen LogP contribution in [-0.2, 0) is 6.42 Å². The zero-order valence-electron chi connectivity index (χ0n) is 13.3. The summed E-state index contributed by atoms with van der Waals surface area (Å²) < 4.78 is 1.23. The monoisotopic (exact) mass is 364 g/mol.